The highest BCUT2D eigenvalue weighted by molar-refractivity contribution is 7.91. The average molecular weight is 318 g/mol. The van der Waals surface area contributed by atoms with E-state index in [0.29, 0.717) is 22.8 Å². The summed E-state index contributed by atoms with van der Waals surface area (Å²) in [5.41, 5.74) is 5.21. The van der Waals surface area contributed by atoms with E-state index in [1.165, 1.54) is 0 Å². The van der Waals surface area contributed by atoms with Crippen LogP contribution < -0.4 is 0 Å². The maximum atomic E-state index is 12.1. The van der Waals surface area contributed by atoms with Gasteiger partial charge in [0, 0.05) is 11.1 Å². The maximum Gasteiger partial charge on any atom is 0.178 e. The van der Waals surface area contributed by atoms with E-state index in [1.807, 2.05) is 30.3 Å². The van der Waals surface area contributed by atoms with E-state index in [9.17, 15) is 13.0 Å². The number of rotatable bonds is 1. The molecular formula is C16H14O3S2. The van der Waals surface area contributed by atoms with E-state index in [1.54, 1.807) is 6.07 Å². The SMILES string of the molecule is O=S1(=O)CCc2c(-c3cccc4c3C[S+]([O-])C4)cccc21. The second-order valence-corrected chi connectivity index (χ2v) is 9.06. The Bertz CT molecular complexity index is 841. The minimum absolute atomic E-state index is 0.195. The molecule has 5 heteroatoms. The number of fused-ring (bicyclic) bond motifs is 2. The number of hydrogen-bond acceptors (Lipinski definition) is 3. The van der Waals surface area contributed by atoms with E-state index in [-0.39, 0.29) is 5.75 Å². The van der Waals surface area contributed by atoms with Gasteiger partial charge in [-0.25, -0.2) is 8.42 Å². The van der Waals surface area contributed by atoms with Gasteiger partial charge in [0.25, 0.3) is 0 Å². The lowest BCUT2D eigenvalue weighted by Gasteiger charge is -2.11. The molecule has 0 fully saturated rings. The largest absolute Gasteiger partial charge is 0.616 e. The normalized spacial score (nSPS) is 22.0. The fraction of sp³-hybridized carbons (Fsp3) is 0.250. The molecule has 0 saturated heterocycles. The zero-order valence-corrected chi connectivity index (χ0v) is 13.0. The van der Waals surface area contributed by atoms with Crippen molar-refractivity contribution in [1.82, 2.24) is 0 Å². The molecule has 0 bridgehead atoms. The van der Waals surface area contributed by atoms with E-state index >= 15 is 0 Å². The quantitative estimate of drug-likeness (QED) is 0.759. The van der Waals surface area contributed by atoms with E-state index < -0.39 is 21.0 Å². The molecular weight excluding hydrogens is 304 g/mol. The summed E-state index contributed by atoms with van der Waals surface area (Å²) < 4.78 is 36.0. The molecule has 3 nitrogen and oxygen atoms in total. The highest BCUT2D eigenvalue weighted by Crippen LogP contribution is 2.39. The summed E-state index contributed by atoms with van der Waals surface area (Å²) in [6.45, 7) is 0. The van der Waals surface area contributed by atoms with Crippen molar-refractivity contribution in [2.24, 2.45) is 0 Å². The van der Waals surface area contributed by atoms with Gasteiger partial charge in [-0.1, -0.05) is 30.3 Å². The number of sulfone groups is 1. The molecule has 1 atom stereocenters. The second kappa shape index (κ2) is 4.60. The number of hydrogen-bond donors (Lipinski definition) is 0. The Balaban J connectivity index is 1.95. The molecule has 0 aliphatic carbocycles. The Morgan fingerprint density at radius 2 is 1.67 bits per heavy atom. The van der Waals surface area contributed by atoms with Crippen LogP contribution in [0.5, 0.6) is 0 Å². The van der Waals surface area contributed by atoms with Gasteiger partial charge in [-0.15, -0.1) is 0 Å². The average Bonchev–Trinajstić information content (AvgIpc) is 2.98. The molecule has 4 rings (SSSR count). The Morgan fingerprint density at radius 3 is 2.48 bits per heavy atom. The Kier molecular flexibility index (Phi) is 2.93. The molecule has 2 aliphatic rings. The lowest BCUT2D eigenvalue weighted by molar-refractivity contribution is 0.596. The van der Waals surface area contributed by atoms with Crippen molar-refractivity contribution in [2.75, 3.05) is 5.75 Å². The molecule has 2 aromatic carbocycles. The molecule has 2 aliphatic heterocycles. The highest BCUT2D eigenvalue weighted by Gasteiger charge is 2.31. The van der Waals surface area contributed by atoms with Crippen molar-refractivity contribution in [3.63, 3.8) is 0 Å². The molecule has 0 N–H and O–H groups in total. The van der Waals surface area contributed by atoms with Crippen LogP contribution >= 0.6 is 0 Å². The standard InChI is InChI=1S/C16H14O3S2/c17-20-9-11-3-1-4-13(15(11)10-20)12-5-2-6-16-14(12)7-8-21(16,18)19/h1-6H,7-10H2. The van der Waals surface area contributed by atoms with Crippen LogP contribution in [0, 0.1) is 0 Å². The smallest absolute Gasteiger partial charge is 0.178 e. The van der Waals surface area contributed by atoms with Crippen LogP contribution in [0.4, 0.5) is 0 Å². The molecule has 0 radical (unpaired) electrons. The predicted octanol–water partition coefficient (Wildman–Crippen LogP) is 2.45. The molecule has 2 aromatic rings. The fourth-order valence-corrected chi connectivity index (χ4v) is 6.24. The highest BCUT2D eigenvalue weighted by atomic mass is 32.2. The molecule has 1 unspecified atom stereocenters. The predicted molar refractivity (Wildman–Crippen MR) is 83.2 cm³/mol. The lowest BCUT2D eigenvalue weighted by atomic mass is 9.93. The first-order valence-corrected chi connectivity index (χ1v) is 10.0. The van der Waals surface area contributed by atoms with Gasteiger partial charge in [-0.3, -0.25) is 0 Å². The van der Waals surface area contributed by atoms with Crippen molar-refractivity contribution in [2.45, 2.75) is 22.8 Å². The van der Waals surface area contributed by atoms with Gasteiger partial charge >= 0.3 is 0 Å². The lowest BCUT2D eigenvalue weighted by Crippen LogP contribution is -1.98. The van der Waals surface area contributed by atoms with Crippen LogP contribution in [0.15, 0.2) is 41.3 Å². The van der Waals surface area contributed by atoms with E-state index in [4.69, 9.17) is 0 Å². The third kappa shape index (κ3) is 2.03. The Hall–Kier alpha value is -1.30. The summed E-state index contributed by atoms with van der Waals surface area (Å²) in [7, 11) is -3.12. The third-order valence-electron chi connectivity index (χ3n) is 4.27. The van der Waals surface area contributed by atoms with Crippen molar-refractivity contribution in [3.8, 4) is 11.1 Å². The van der Waals surface area contributed by atoms with Crippen LogP contribution in [0.1, 0.15) is 16.7 Å². The Morgan fingerprint density at radius 1 is 0.952 bits per heavy atom. The van der Waals surface area contributed by atoms with Gasteiger partial charge < -0.3 is 4.55 Å². The van der Waals surface area contributed by atoms with E-state index in [0.717, 1.165) is 27.8 Å². The van der Waals surface area contributed by atoms with Gasteiger partial charge in [0.05, 0.1) is 10.6 Å². The van der Waals surface area contributed by atoms with E-state index in [2.05, 4.69) is 0 Å². The molecule has 108 valence electrons. The maximum absolute atomic E-state index is 12.1. The summed E-state index contributed by atoms with van der Waals surface area (Å²) in [6, 6.07) is 11.5. The molecule has 2 heterocycles. The first kappa shape index (κ1) is 13.4. The molecule has 0 saturated carbocycles. The van der Waals surface area contributed by atoms with Crippen LogP contribution in [-0.2, 0) is 38.9 Å². The van der Waals surface area contributed by atoms with Gasteiger partial charge in [0.1, 0.15) is 11.5 Å². The Labute approximate surface area is 127 Å². The molecule has 0 amide bonds. The van der Waals surface area contributed by atoms with Gasteiger partial charge in [0.15, 0.2) is 9.84 Å². The zero-order chi connectivity index (χ0) is 14.6. The summed E-state index contributed by atoms with van der Waals surface area (Å²) in [5, 5.41) is 0. The third-order valence-corrected chi connectivity index (χ3v) is 7.31. The summed E-state index contributed by atoms with van der Waals surface area (Å²) in [5.74, 6) is 1.37. The van der Waals surface area contributed by atoms with Crippen molar-refractivity contribution in [3.05, 3.63) is 53.1 Å². The van der Waals surface area contributed by atoms with Crippen LogP contribution in [0.25, 0.3) is 11.1 Å². The van der Waals surface area contributed by atoms with Gasteiger partial charge in [-0.05, 0) is 40.4 Å². The first-order chi connectivity index (χ1) is 10.1. The van der Waals surface area contributed by atoms with Crippen molar-refractivity contribution >= 4 is 21.0 Å². The zero-order valence-electron chi connectivity index (χ0n) is 11.3. The van der Waals surface area contributed by atoms with Crippen molar-refractivity contribution < 1.29 is 13.0 Å². The monoisotopic (exact) mass is 318 g/mol. The van der Waals surface area contributed by atoms with Crippen LogP contribution in [-0.4, -0.2) is 18.7 Å². The summed E-state index contributed by atoms with van der Waals surface area (Å²) in [4.78, 5) is 0.469. The molecule has 21 heavy (non-hydrogen) atoms. The fourth-order valence-electron chi connectivity index (χ4n) is 3.29. The summed E-state index contributed by atoms with van der Waals surface area (Å²) >= 11 is -0.835. The van der Waals surface area contributed by atoms with Crippen LogP contribution in [0.2, 0.25) is 0 Å². The molecule has 0 aromatic heterocycles. The first-order valence-electron chi connectivity index (χ1n) is 6.87. The van der Waals surface area contributed by atoms with Gasteiger partial charge in [0.2, 0.25) is 0 Å². The number of benzene rings is 2. The minimum Gasteiger partial charge on any atom is -0.616 e. The van der Waals surface area contributed by atoms with Gasteiger partial charge in [-0.2, -0.15) is 0 Å². The minimum atomic E-state index is -3.12. The summed E-state index contributed by atoms with van der Waals surface area (Å²) in [6.07, 6.45) is 0.570. The second-order valence-electron chi connectivity index (χ2n) is 5.52. The molecule has 0 spiro atoms. The topological polar surface area (TPSA) is 57.2 Å². The van der Waals surface area contributed by atoms with Crippen molar-refractivity contribution in [1.29, 1.82) is 0 Å². The van der Waals surface area contributed by atoms with Crippen LogP contribution in [0.3, 0.4) is 0 Å².